The molecule has 1 fully saturated rings. The molecule has 1 aromatic heterocycles. The number of pyridine rings is 1. The third-order valence-corrected chi connectivity index (χ3v) is 3.55. The van der Waals surface area contributed by atoms with Crippen LogP contribution in [0.1, 0.15) is 19.8 Å². The van der Waals surface area contributed by atoms with Crippen LogP contribution >= 0.6 is 0 Å². The van der Waals surface area contributed by atoms with Crippen LogP contribution < -0.4 is 4.90 Å². The number of ether oxygens (including phenoxy) is 1. The quantitative estimate of drug-likeness (QED) is 0.470. The van der Waals surface area contributed by atoms with E-state index in [0.29, 0.717) is 32.8 Å². The van der Waals surface area contributed by atoms with Gasteiger partial charge in [0.05, 0.1) is 12.3 Å². The number of piperazine rings is 1. The predicted molar refractivity (Wildman–Crippen MR) is 80.9 cm³/mol. The van der Waals surface area contributed by atoms with Gasteiger partial charge in [-0.3, -0.25) is 0 Å². The molecule has 1 aliphatic rings. The molecule has 120 valence electrons. The van der Waals surface area contributed by atoms with Crippen LogP contribution in [0.5, 0.6) is 0 Å². The van der Waals surface area contributed by atoms with Crippen molar-refractivity contribution in [2.45, 2.75) is 19.8 Å². The Kier molecular flexibility index (Phi) is 5.51. The molecule has 1 aromatic rings. The number of carbonyl (C=O) groups is 1. The van der Waals surface area contributed by atoms with Crippen LogP contribution in [0.4, 0.5) is 16.3 Å². The maximum Gasteiger partial charge on any atom is 0.409 e. The molecular formula is C14H20N4O4. The van der Waals surface area contributed by atoms with Gasteiger partial charge >= 0.3 is 11.9 Å². The van der Waals surface area contributed by atoms with E-state index in [-0.39, 0.29) is 11.9 Å². The van der Waals surface area contributed by atoms with Gasteiger partial charge in [-0.15, -0.1) is 0 Å². The lowest BCUT2D eigenvalue weighted by Gasteiger charge is -2.34. The zero-order chi connectivity index (χ0) is 15.9. The summed E-state index contributed by atoms with van der Waals surface area (Å²) in [7, 11) is 0. The molecule has 0 aromatic carbocycles. The van der Waals surface area contributed by atoms with E-state index in [1.807, 2.05) is 11.8 Å². The monoisotopic (exact) mass is 308 g/mol. The molecule has 2 heterocycles. The second-order valence-electron chi connectivity index (χ2n) is 5.07. The summed E-state index contributed by atoms with van der Waals surface area (Å²) >= 11 is 0. The Balaban J connectivity index is 1.83. The molecule has 0 spiro atoms. The van der Waals surface area contributed by atoms with Gasteiger partial charge in [-0.1, -0.05) is 13.3 Å². The van der Waals surface area contributed by atoms with Gasteiger partial charge in [0.25, 0.3) is 0 Å². The first-order valence-corrected chi connectivity index (χ1v) is 7.39. The highest BCUT2D eigenvalue weighted by Crippen LogP contribution is 2.18. The van der Waals surface area contributed by atoms with Gasteiger partial charge in [-0.2, -0.15) is 0 Å². The van der Waals surface area contributed by atoms with Crippen LogP contribution in [-0.2, 0) is 4.74 Å². The molecule has 0 radical (unpaired) electrons. The van der Waals surface area contributed by atoms with E-state index in [0.717, 1.165) is 18.5 Å². The van der Waals surface area contributed by atoms with Crippen LogP contribution in [0.25, 0.3) is 0 Å². The number of carbonyl (C=O) groups excluding carboxylic acids is 1. The van der Waals surface area contributed by atoms with Crippen LogP contribution in [0.15, 0.2) is 18.3 Å². The van der Waals surface area contributed by atoms with Gasteiger partial charge in [0.1, 0.15) is 0 Å². The largest absolute Gasteiger partial charge is 0.449 e. The fourth-order valence-corrected chi connectivity index (χ4v) is 2.22. The minimum atomic E-state index is -0.520. The highest BCUT2D eigenvalue weighted by atomic mass is 16.6. The standard InChI is InChI=1S/C14H20N4O4/c1-2-3-10-22-14(19)17-8-6-16(7-9-17)12-4-5-13(15-11-12)18(20)21/h4-5,11H,2-3,6-10H2,1H3. The highest BCUT2D eigenvalue weighted by molar-refractivity contribution is 5.68. The number of nitrogens with zero attached hydrogens (tertiary/aromatic N) is 4. The minimum absolute atomic E-state index is 0.165. The average molecular weight is 308 g/mol. The molecule has 1 amide bonds. The van der Waals surface area contributed by atoms with Gasteiger partial charge in [0.15, 0.2) is 6.20 Å². The van der Waals surface area contributed by atoms with Crippen molar-refractivity contribution >= 4 is 17.6 Å². The Labute approximate surface area is 128 Å². The van der Waals surface area contributed by atoms with E-state index < -0.39 is 4.92 Å². The lowest BCUT2D eigenvalue weighted by Crippen LogP contribution is -2.49. The van der Waals surface area contributed by atoms with Crippen molar-refractivity contribution in [1.82, 2.24) is 9.88 Å². The zero-order valence-corrected chi connectivity index (χ0v) is 12.6. The van der Waals surface area contributed by atoms with E-state index in [4.69, 9.17) is 4.74 Å². The van der Waals surface area contributed by atoms with Crippen LogP contribution in [0.3, 0.4) is 0 Å². The van der Waals surface area contributed by atoms with Crippen LogP contribution in [-0.4, -0.2) is 53.7 Å². The van der Waals surface area contributed by atoms with Gasteiger partial charge in [-0.05, 0) is 22.4 Å². The van der Waals surface area contributed by atoms with E-state index >= 15 is 0 Å². The third kappa shape index (κ3) is 4.06. The lowest BCUT2D eigenvalue weighted by molar-refractivity contribution is -0.389. The summed E-state index contributed by atoms with van der Waals surface area (Å²) in [6.45, 7) is 4.96. The topological polar surface area (TPSA) is 88.8 Å². The van der Waals surface area contributed by atoms with E-state index in [2.05, 4.69) is 4.98 Å². The third-order valence-electron chi connectivity index (χ3n) is 3.55. The Morgan fingerprint density at radius 2 is 2.09 bits per heavy atom. The summed E-state index contributed by atoms with van der Waals surface area (Å²) in [4.78, 5) is 29.4. The predicted octanol–water partition coefficient (Wildman–Crippen LogP) is 2.05. The molecule has 22 heavy (non-hydrogen) atoms. The second kappa shape index (κ2) is 7.58. The first-order valence-electron chi connectivity index (χ1n) is 7.39. The molecule has 1 aliphatic heterocycles. The molecular weight excluding hydrogens is 288 g/mol. The highest BCUT2D eigenvalue weighted by Gasteiger charge is 2.23. The van der Waals surface area contributed by atoms with Crippen molar-refractivity contribution in [3.05, 3.63) is 28.4 Å². The molecule has 0 unspecified atom stereocenters. The van der Waals surface area contributed by atoms with Crippen LogP contribution in [0.2, 0.25) is 0 Å². The summed E-state index contributed by atoms with van der Waals surface area (Å²) in [5.41, 5.74) is 0.824. The smallest absolute Gasteiger partial charge is 0.409 e. The van der Waals surface area contributed by atoms with Crippen molar-refractivity contribution in [3.8, 4) is 0 Å². The van der Waals surface area contributed by atoms with E-state index in [1.165, 1.54) is 12.3 Å². The molecule has 8 nitrogen and oxygen atoms in total. The second-order valence-corrected chi connectivity index (χ2v) is 5.07. The molecule has 2 rings (SSSR count). The summed E-state index contributed by atoms with van der Waals surface area (Å²) in [6.07, 6.45) is 3.09. The van der Waals surface area contributed by atoms with Crippen molar-refractivity contribution in [1.29, 1.82) is 0 Å². The maximum absolute atomic E-state index is 11.8. The molecule has 0 saturated carbocycles. The number of amides is 1. The minimum Gasteiger partial charge on any atom is -0.449 e. The number of hydrogen-bond donors (Lipinski definition) is 0. The summed E-state index contributed by atoms with van der Waals surface area (Å²) < 4.78 is 5.19. The molecule has 0 bridgehead atoms. The summed E-state index contributed by atoms with van der Waals surface area (Å²) in [5, 5.41) is 10.6. The maximum atomic E-state index is 11.8. The van der Waals surface area contributed by atoms with E-state index in [9.17, 15) is 14.9 Å². The average Bonchev–Trinajstić information content (AvgIpc) is 2.55. The fraction of sp³-hybridized carbons (Fsp3) is 0.571. The number of anilines is 1. The molecule has 0 atom stereocenters. The molecule has 0 aliphatic carbocycles. The normalized spacial score (nSPS) is 14.8. The lowest BCUT2D eigenvalue weighted by atomic mass is 10.3. The van der Waals surface area contributed by atoms with Crippen molar-refractivity contribution in [3.63, 3.8) is 0 Å². The summed E-state index contributed by atoms with van der Waals surface area (Å²) in [6, 6.07) is 3.07. The number of nitro groups is 1. The number of hydrogen-bond acceptors (Lipinski definition) is 6. The zero-order valence-electron chi connectivity index (χ0n) is 12.6. The Bertz CT molecular complexity index is 512. The first kappa shape index (κ1) is 16.0. The number of rotatable bonds is 5. The van der Waals surface area contributed by atoms with Crippen LogP contribution in [0, 0.1) is 10.1 Å². The van der Waals surface area contributed by atoms with Crippen molar-refractivity contribution in [2.75, 3.05) is 37.7 Å². The summed E-state index contributed by atoms with van der Waals surface area (Å²) in [5.74, 6) is -0.165. The fourth-order valence-electron chi connectivity index (χ4n) is 2.22. The number of aromatic nitrogens is 1. The van der Waals surface area contributed by atoms with Gasteiger partial charge in [0.2, 0.25) is 0 Å². The van der Waals surface area contributed by atoms with Crippen molar-refractivity contribution < 1.29 is 14.5 Å². The number of unbranched alkanes of at least 4 members (excludes halogenated alkanes) is 1. The Hall–Kier alpha value is -2.38. The van der Waals surface area contributed by atoms with E-state index in [1.54, 1.807) is 11.0 Å². The van der Waals surface area contributed by atoms with Gasteiger partial charge in [-0.25, -0.2) is 4.79 Å². The molecule has 1 saturated heterocycles. The molecule has 0 N–H and O–H groups in total. The van der Waals surface area contributed by atoms with Gasteiger partial charge in [0, 0.05) is 32.2 Å². The Morgan fingerprint density at radius 3 is 2.64 bits per heavy atom. The van der Waals surface area contributed by atoms with Crippen molar-refractivity contribution in [2.24, 2.45) is 0 Å². The van der Waals surface area contributed by atoms with Gasteiger partial charge < -0.3 is 24.7 Å². The molecule has 8 heteroatoms. The first-order chi connectivity index (χ1) is 10.6. The SMILES string of the molecule is CCCCOC(=O)N1CCN(c2ccc([N+](=O)[O-])nc2)CC1. The Morgan fingerprint density at radius 1 is 1.36 bits per heavy atom.